The van der Waals surface area contributed by atoms with Gasteiger partial charge in [0.15, 0.2) is 17.2 Å². The molecular formula is C63H39N7O. The van der Waals surface area contributed by atoms with Crippen molar-refractivity contribution in [2.24, 2.45) is 0 Å². The van der Waals surface area contributed by atoms with Crippen LogP contribution in [0.15, 0.2) is 241 Å². The quantitative estimate of drug-likeness (QED) is 0.151. The van der Waals surface area contributed by atoms with Crippen LogP contribution in [0.5, 0.6) is 0 Å². The van der Waals surface area contributed by atoms with E-state index >= 15 is 0 Å². The topological polar surface area (TPSA) is 87.5 Å². The number of benzene rings is 9. The predicted octanol–water partition coefficient (Wildman–Crippen LogP) is 15.6. The van der Waals surface area contributed by atoms with Crippen LogP contribution in [0.2, 0.25) is 0 Å². The molecule has 0 saturated carbocycles. The van der Waals surface area contributed by atoms with Crippen LogP contribution in [0.25, 0.3) is 134 Å². The summed E-state index contributed by atoms with van der Waals surface area (Å²) in [6.07, 6.45) is 0. The van der Waals surface area contributed by atoms with Gasteiger partial charge in [-0.2, -0.15) is 0 Å². The first-order valence-corrected chi connectivity index (χ1v) is 23.7. The highest BCUT2D eigenvalue weighted by atomic mass is 16.3. The number of nitrogens with zero attached hydrogens (tertiary/aromatic N) is 7. The molecule has 0 fully saturated rings. The van der Waals surface area contributed by atoms with Gasteiger partial charge in [0, 0.05) is 67.1 Å². The normalized spacial score (nSPS) is 11.7. The van der Waals surface area contributed by atoms with Crippen LogP contribution >= 0.6 is 0 Å². The van der Waals surface area contributed by atoms with Crippen molar-refractivity contribution < 1.29 is 4.42 Å². The van der Waals surface area contributed by atoms with Crippen LogP contribution < -0.4 is 0 Å². The van der Waals surface area contributed by atoms with Crippen LogP contribution in [0.4, 0.5) is 0 Å². The van der Waals surface area contributed by atoms with Gasteiger partial charge in [-0.05, 0) is 48.0 Å². The maximum atomic E-state index is 6.85. The first-order chi connectivity index (χ1) is 35.2. The molecule has 332 valence electrons. The maximum Gasteiger partial charge on any atom is 0.227 e. The van der Waals surface area contributed by atoms with Crippen molar-refractivity contribution in [2.45, 2.75) is 0 Å². The molecule has 8 heteroatoms. The molecule has 0 radical (unpaired) electrons. The highest BCUT2D eigenvalue weighted by Crippen LogP contribution is 2.43. The van der Waals surface area contributed by atoms with E-state index < -0.39 is 0 Å². The molecule has 14 aromatic rings. The standard InChI is InChI=1S/C63H39N7O/c1-6-19-40(20-7-1)52-38-56(67-61(64-52)42-23-10-3-11-24-42)69-54-32-17-16-29-47(54)48-31-18-30-46(58(48)69)45-33-36-55-50(37-45)49-34-35-51-60(71-63(66-51)44-27-14-5-15-28-44)59(49)70(55)57-39-53(41-21-8-2-9-22-41)65-62(68-57)43-25-12-4-13-26-43/h1-39H. The summed E-state index contributed by atoms with van der Waals surface area (Å²) in [5.74, 6) is 3.33. The lowest BCUT2D eigenvalue weighted by molar-refractivity contribution is 0.621. The van der Waals surface area contributed by atoms with Crippen LogP contribution in [0.1, 0.15) is 0 Å². The molecule has 71 heavy (non-hydrogen) atoms. The fourth-order valence-corrected chi connectivity index (χ4v) is 10.1. The average Bonchev–Trinajstić information content (AvgIpc) is 4.15. The highest BCUT2D eigenvalue weighted by Gasteiger charge is 2.24. The van der Waals surface area contributed by atoms with Crippen molar-refractivity contribution >= 4 is 54.7 Å². The van der Waals surface area contributed by atoms with Gasteiger partial charge in [-0.15, -0.1) is 0 Å². The number of rotatable bonds is 8. The van der Waals surface area contributed by atoms with E-state index in [1.165, 1.54) is 0 Å². The SMILES string of the molecule is c1ccc(-c2cc(-n3c4ccccc4c4cccc(-c5ccc6c(c5)c5ccc7nc(-c8ccccc8)oc7c5n6-c5cc(-c6ccccc6)nc(-c6ccccc6)n5)c43)nc(-c3ccccc3)n2)cc1. The highest BCUT2D eigenvalue weighted by molar-refractivity contribution is 6.19. The van der Waals surface area contributed by atoms with E-state index in [0.717, 1.165) is 105 Å². The summed E-state index contributed by atoms with van der Waals surface area (Å²) in [6.45, 7) is 0. The number of hydrogen-bond acceptors (Lipinski definition) is 6. The van der Waals surface area contributed by atoms with Gasteiger partial charge in [-0.3, -0.25) is 9.13 Å². The molecule has 8 nitrogen and oxygen atoms in total. The molecule has 14 rings (SSSR count). The van der Waals surface area contributed by atoms with Crippen molar-refractivity contribution in [1.29, 1.82) is 0 Å². The Morgan fingerprint density at radius 1 is 0.310 bits per heavy atom. The minimum atomic E-state index is 0.554. The lowest BCUT2D eigenvalue weighted by atomic mass is 10.00. The molecule has 9 aromatic carbocycles. The zero-order chi connectivity index (χ0) is 46.8. The fourth-order valence-electron chi connectivity index (χ4n) is 10.1. The molecule has 0 saturated heterocycles. The second kappa shape index (κ2) is 16.5. The minimum absolute atomic E-state index is 0.554. The number of fused-ring (bicyclic) bond motifs is 8. The van der Waals surface area contributed by atoms with Crippen molar-refractivity contribution in [3.05, 3.63) is 237 Å². The number of hydrogen-bond donors (Lipinski definition) is 0. The number of para-hydroxylation sites is 2. The Kier molecular flexibility index (Phi) is 9.35. The number of aromatic nitrogens is 7. The van der Waals surface area contributed by atoms with E-state index in [4.69, 9.17) is 29.3 Å². The Bertz CT molecular complexity index is 4200. The van der Waals surface area contributed by atoms with Gasteiger partial charge in [-0.1, -0.05) is 182 Å². The summed E-state index contributed by atoms with van der Waals surface area (Å²) in [6, 6.07) is 81.5. The smallest absolute Gasteiger partial charge is 0.227 e. The molecule has 0 atom stereocenters. The Morgan fingerprint density at radius 2 is 0.803 bits per heavy atom. The van der Waals surface area contributed by atoms with Gasteiger partial charge in [-0.25, -0.2) is 24.9 Å². The van der Waals surface area contributed by atoms with Crippen LogP contribution in [0, 0.1) is 0 Å². The third kappa shape index (κ3) is 6.80. The van der Waals surface area contributed by atoms with Gasteiger partial charge in [0.2, 0.25) is 5.89 Å². The summed E-state index contributed by atoms with van der Waals surface area (Å²) in [5.41, 5.74) is 13.9. The molecule has 0 spiro atoms. The first kappa shape index (κ1) is 40.3. The van der Waals surface area contributed by atoms with Crippen molar-refractivity contribution in [2.75, 3.05) is 0 Å². The lowest BCUT2D eigenvalue weighted by Gasteiger charge is -2.14. The molecule has 0 amide bonds. The monoisotopic (exact) mass is 909 g/mol. The summed E-state index contributed by atoms with van der Waals surface area (Å²) < 4.78 is 11.4. The van der Waals surface area contributed by atoms with E-state index in [9.17, 15) is 0 Å². The van der Waals surface area contributed by atoms with Crippen molar-refractivity contribution in [1.82, 2.24) is 34.1 Å². The van der Waals surface area contributed by atoms with E-state index in [1.54, 1.807) is 0 Å². The fraction of sp³-hybridized carbons (Fsp3) is 0. The van der Waals surface area contributed by atoms with Gasteiger partial charge in [0.25, 0.3) is 0 Å². The summed E-state index contributed by atoms with van der Waals surface area (Å²) in [7, 11) is 0. The van der Waals surface area contributed by atoms with Crippen LogP contribution in [0.3, 0.4) is 0 Å². The molecule has 0 N–H and O–H groups in total. The molecule has 5 heterocycles. The molecule has 0 aliphatic heterocycles. The number of oxazole rings is 1. The van der Waals surface area contributed by atoms with E-state index in [0.29, 0.717) is 28.9 Å². The van der Waals surface area contributed by atoms with Crippen LogP contribution in [-0.4, -0.2) is 34.1 Å². The van der Waals surface area contributed by atoms with Gasteiger partial charge >= 0.3 is 0 Å². The molecular weight excluding hydrogens is 871 g/mol. The third-order valence-electron chi connectivity index (χ3n) is 13.4. The summed E-state index contributed by atoms with van der Waals surface area (Å²) in [4.78, 5) is 26.1. The molecule has 0 aliphatic carbocycles. The van der Waals surface area contributed by atoms with E-state index in [-0.39, 0.29) is 0 Å². The summed E-state index contributed by atoms with van der Waals surface area (Å²) >= 11 is 0. The second-order valence-electron chi connectivity index (χ2n) is 17.7. The maximum absolute atomic E-state index is 6.85. The molecule has 0 bridgehead atoms. The van der Waals surface area contributed by atoms with Gasteiger partial charge in [0.05, 0.1) is 27.9 Å². The van der Waals surface area contributed by atoms with Crippen molar-refractivity contribution in [3.63, 3.8) is 0 Å². The molecule has 0 unspecified atom stereocenters. The third-order valence-corrected chi connectivity index (χ3v) is 13.4. The molecule has 0 aliphatic rings. The van der Waals surface area contributed by atoms with Gasteiger partial charge in [0.1, 0.15) is 22.7 Å². The van der Waals surface area contributed by atoms with E-state index in [2.05, 4.69) is 155 Å². The average molecular weight is 910 g/mol. The zero-order valence-corrected chi connectivity index (χ0v) is 38.1. The predicted molar refractivity (Wildman–Crippen MR) is 286 cm³/mol. The first-order valence-electron chi connectivity index (χ1n) is 23.7. The Labute approximate surface area is 407 Å². The van der Waals surface area contributed by atoms with Crippen LogP contribution in [-0.2, 0) is 0 Å². The largest absolute Gasteiger partial charge is 0.434 e. The van der Waals surface area contributed by atoms with E-state index in [1.807, 2.05) is 91.0 Å². The zero-order valence-electron chi connectivity index (χ0n) is 38.1. The Balaban J connectivity index is 1.04. The second-order valence-corrected chi connectivity index (χ2v) is 17.7. The Morgan fingerprint density at radius 3 is 1.41 bits per heavy atom. The van der Waals surface area contributed by atoms with Crippen molar-refractivity contribution in [3.8, 4) is 79.5 Å². The van der Waals surface area contributed by atoms with Gasteiger partial charge < -0.3 is 4.42 Å². The lowest BCUT2D eigenvalue weighted by Crippen LogP contribution is -2.03. The summed E-state index contributed by atoms with van der Waals surface area (Å²) in [5, 5.41) is 4.31. The minimum Gasteiger partial charge on any atom is -0.434 e. The Hall–Kier alpha value is -9.79. The molecule has 5 aromatic heterocycles.